The van der Waals surface area contributed by atoms with Crippen molar-refractivity contribution in [2.45, 2.75) is 6.43 Å². The maximum Gasteiger partial charge on any atom is 0.302 e. The minimum absolute atomic E-state index is 0.0307. The topological polar surface area (TPSA) is 55.2 Å². The summed E-state index contributed by atoms with van der Waals surface area (Å²) in [7, 11) is 1.44. The fraction of sp³-hybridized carbons (Fsp3) is 0.250. The van der Waals surface area contributed by atoms with Gasteiger partial charge in [0.2, 0.25) is 0 Å². The molecule has 15 heavy (non-hydrogen) atoms. The Bertz CT molecular complexity index is 398. The number of halogens is 3. The number of hydrogen-bond donors (Lipinski definition) is 1. The van der Waals surface area contributed by atoms with Crippen LogP contribution < -0.4 is 5.32 Å². The molecule has 0 spiro atoms. The van der Waals surface area contributed by atoms with Crippen molar-refractivity contribution in [3.63, 3.8) is 0 Å². The summed E-state index contributed by atoms with van der Waals surface area (Å²) in [5.74, 6) is 0. The van der Waals surface area contributed by atoms with Gasteiger partial charge < -0.3 is 5.32 Å². The summed E-state index contributed by atoms with van der Waals surface area (Å²) >= 11 is 2.87. The third-order valence-corrected chi connectivity index (χ3v) is 2.53. The van der Waals surface area contributed by atoms with Crippen molar-refractivity contribution in [2.75, 3.05) is 12.4 Å². The van der Waals surface area contributed by atoms with Crippen LogP contribution in [-0.4, -0.2) is 12.0 Å². The Kier molecular flexibility index (Phi) is 3.57. The average molecular weight is 281 g/mol. The highest BCUT2D eigenvalue weighted by Crippen LogP contribution is 2.39. The van der Waals surface area contributed by atoms with Crippen LogP contribution in [0.2, 0.25) is 0 Å². The predicted octanol–water partition coefficient (Wildman–Crippen LogP) is 3.34. The van der Waals surface area contributed by atoms with Gasteiger partial charge in [-0.1, -0.05) is 15.9 Å². The molecule has 7 heteroatoms. The summed E-state index contributed by atoms with van der Waals surface area (Å²) in [4.78, 5) is 9.85. The second kappa shape index (κ2) is 4.52. The summed E-state index contributed by atoms with van der Waals surface area (Å²) in [5, 5.41) is 13.2. The van der Waals surface area contributed by atoms with E-state index < -0.39 is 22.6 Å². The van der Waals surface area contributed by atoms with E-state index in [-0.39, 0.29) is 10.2 Å². The largest absolute Gasteiger partial charge is 0.383 e. The lowest BCUT2D eigenvalue weighted by molar-refractivity contribution is -0.385. The summed E-state index contributed by atoms with van der Waals surface area (Å²) in [6, 6.07) is 2.72. The minimum Gasteiger partial charge on any atom is -0.383 e. The number of alkyl halides is 2. The maximum absolute atomic E-state index is 12.6. The molecule has 82 valence electrons. The van der Waals surface area contributed by atoms with Crippen LogP contribution in [0.3, 0.4) is 0 Å². The summed E-state index contributed by atoms with van der Waals surface area (Å²) < 4.78 is 25.2. The molecule has 0 atom stereocenters. The molecule has 0 heterocycles. The second-order valence-corrected chi connectivity index (χ2v) is 3.52. The van der Waals surface area contributed by atoms with Crippen molar-refractivity contribution in [1.82, 2.24) is 0 Å². The van der Waals surface area contributed by atoms with Gasteiger partial charge in [-0.2, -0.15) is 0 Å². The number of nitro groups is 1. The Balaban J connectivity index is 3.51. The fourth-order valence-corrected chi connectivity index (χ4v) is 1.68. The molecule has 1 aromatic rings. The molecular formula is C8H7BrF2N2O2. The first kappa shape index (κ1) is 11.8. The van der Waals surface area contributed by atoms with Crippen molar-refractivity contribution in [3.05, 3.63) is 32.3 Å². The quantitative estimate of drug-likeness (QED) is 0.682. The van der Waals surface area contributed by atoms with Gasteiger partial charge in [0.1, 0.15) is 11.3 Å². The van der Waals surface area contributed by atoms with E-state index in [4.69, 9.17) is 0 Å². The Morgan fingerprint density at radius 3 is 2.53 bits per heavy atom. The third-order valence-electron chi connectivity index (χ3n) is 1.83. The van der Waals surface area contributed by atoms with E-state index in [1.807, 2.05) is 0 Å². The monoisotopic (exact) mass is 280 g/mol. The van der Waals surface area contributed by atoms with Gasteiger partial charge in [0.05, 0.1) is 4.92 Å². The molecule has 1 rings (SSSR count). The highest BCUT2D eigenvalue weighted by atomic mass is 79.9. The molecule has 4 nitrogen and oxygen atoms in total. The number of nitrogens with zero attached hydrogens (tertiary/aromatic N) is 1. The van der Waals surface area contributed by atoms with E-state index in [0.29, 0.717) is 0 Å². The average Bonchev–Trinajstić information content (AvgIpc) is 2.16. The van der Waals surface area contributed by atoms with Crippen LogP contribution in [0.15, 0.2) is 16.6 Å². The van der Waals surface area contributed by atoms with E-state index in [0.717, 1.165) is 0 Å². The van der Waals surface area contributed by atoms with Crippen LogP contribution in [0.25, 0.3) is 0 Å². The molecule has 0 aliphatic carbocycles. The number of nitro benzene ring substituents is 1. The van der Waals surface area contributed by atoms with Gasteiger partial charge in [-0.15, -0.1) is 0 Å². The number of benzene rings is 1. The zero-order valence-corrected chi connectivity index (χ0v) is 9.22. The second-order valence-electron chi connectivity index (χ2n) is 2.67. The number of nitrogens with one attached hydrogen (secondary N) is 1. The number of hydrogen-bond acceptors (Lipinski definition) is 3. The minimum atomic E-state index is -2.90. The van der Waals surface area contributed by atoms with Gasteiger partial charge in [-0.25, -0.2) is 8.78 Å². The van der Waals surface area contributed by atoms with Crippen molar-refractivity contribution in [1.29, 1.82) is 0 Å². The van der Waals surface area contributed by atoms with Gasteiger partial charge in [-0.05, 0) is 12.1 Å². The highest BCUT2D eigenvalue weighted by molar-refractivity contribution is 9.10. The molecule has 0 radical (unpaired) electrons. The van der Waals surface area contributed by atoms with Gasteiger partial charge in [0, 0.05) is 11.5 Å². The van der Waals surface area contributed by atoms with Crippen LogP contribution in [-0.2, 0) is 0 Å². The van der Waals surface area contributed by atoms with Crippen LogP contribution in [0.4, 0.5) is 20.2 Å². The SMILES string of the molecule is CNc1ccc(Br)c(C(F)F)c1[N+](=O)[O-]. The Labute approximate surface area is 92.6 Å². The Morgan fingerprint density at radius 2 is 2.13 bits per heavy atom. The van der Waals surface area contributed by atoms with Gasteiger partial charge in [0.25, 0.3) is 6.43 Å². The zero-order valence-electron chi connectivity index (χ0n) is 7.63. The number of anilines is 1. The fourth-order valence-electron chi connectivity index (χ4n) is 1.19. The van der Waals surface area contributed by atoms with Crippen molar-refractivity contribution in [2.24, 2.45) is 0 Å². The van der Waals surface area contributed by atoms with Crippen LogP contribution in [0, 0.1) is 10.1 Å². The van der Waals surface area contributed by atoms with E-state index in [9.17, 15) is 18.9 Å². The first-order valence-corrected chi connectivity index (χ1v) is 4.71. The smallest absolute Gasteiger partial charge is 0.302 e. The van der Waals surface area contributed by atoms with Crippen LogP contribution in [0.1, 0.15) is 12.0 Å². The van der Waals surface area contributed by atoms with Gasteiger partial charge in [-0.3, -0.25) is 10.1 Å². The lowest BCUT2D eigenvalue weighted by atomic mass is 10.1. The molecule has 1 N–H and O–H groups in total. The molecule has 0 amide bonds. The molecule has 0 fully saturated rings. The molecule has 0 bridgehead atoms. The van der Waals surface area contributed by atoms with Crippen LogP contribution >= 0.6 is 15.9 Å². The summed E-state index contributed by atoms with van der Waals surface area (Å²) in [5.41, 5.74) is -1.13. The van der Waals surface area contributed by atoms with E-state index in [1.165, 1.54) is 19.2 Å². The molecule has 0 unspecified atom stereocenters. The van der Waals surface area contributed by atoms with E-state index >= 15 is 0 Å². The van der Waals surface area contributed by atoms with Crippen LogP contribution in [0.5, 0.6) is 0 Å². The van der Waals surface area contributed by atoms with E-state index in [2.05, 4.69) is 21.2 Å². The summed E-state index contributed by atoms with van der Waals surface area (Å²) in [6.45, 7) is 0. The standard InChI is InChI=1S/C8H7BrF2N2O2/c1-12-5-3-2-4(9)6(8(10)11)7(5)13(14)15/h2-3,8,12H,1H3. The maximum atomic E-state index is 12.6. The summed E-state index contributed by atoms with van der Waals surface area (Å²) in [6.07, 6.45) is -2.90. The van der Waals surface area contributed by atoms with Gasteiger partial charge >= 0.3 is 5.69 Å². The van der Waals surface area contributed by atoms with Crippen molar-refractivity contribution < 1.29 is 13.7 Å². The molecule has 0 saturated heterocycles. The third kappa shape index (κ3) is 2.23. The first-order chi connectivity index (χ1) is 6.99. The zero-order chi connectivity index (χ0) is 11.6. The molecule has 0 aromatic heterocycles. The van der Waals surface area contributed by atoms with Crippen molar-refractivity contribution >= 4 is 27.3 Å². The molecule has 1 aromatic carbocycles. The highest BCUT2D eigenvalue weighted by Gasteiger charge is 2.28. The first-order valence-electron chi connectivity index (χ1n) is 3.91. The molecular weight excluding hydrogens is 274 g/mol. The predicted molar refractivity (Wildman–Crippen MR) is 55.3 cm³/mol. The van der Waals surface area contributed by atoms with Crippen molar-refractivity contribution in [3.8, 4) is 0 Å². The molecule has 0 aliphatic heterocycles. The Morgan fingerprint density at radius 1 is 1.53 bits per heavy atom. The van der Waals surface area contributed by atoms with Gasteiger partial charge in [0.15, 0.2) is 0 Å². The lowest BCUT2D eigenvalue weighted by Gasteiger charge is -2.08. The molecule has 0 aliphatic rings. The molecule has 0 saturated carbocycles. The lowest BCUT2D eigenvalue weighted by Crippen LogP contribution is -2.02. The van der Waals surface area contributed by atoms with E-state index in [1.54, 1.807) is 0 Å². The number of rotatable bonds is 3. The Hall–Kier alpha value is -1.24. The normalized spacial score (nSPS) is 10.5.